The number of methoxy groups -OCH3 is 1. The lowest BCUT2D eigenvalue weighted by molar-refractivity contribution is 0.417. The molecule has 0 heterocycles. The first-order valence-corrected chi connectivity index (χ1v) is 7.02. The van der Waals surface area contributed by atoms with Crippen LogP contribution < -0.4 is 14.8 Å². The Bertz CT molecular complexity index is 446. The highest BCUT2D eigenvalue weighted by molar-refractivity contribution is 7.92. The van der Waals surface area contributed by atoms with Gasteiger partial charge in [0.2, 0.25) is 10.0 Å². The van der Waals surface area contributed by atoms with Crippen LogP contribution >= 0.6 is 0 Å². The second-order valence-corrected chi connectivity index (χ2v) is 5.42. The van der Waals surface area contributed by atoms with Crippen molar-refractivity contribution in [3.63, 3.8) is 0 Å². The Hall–Kier alpha value is -1.27. The van der Waals surface area contributed by atoms with Crippen LogP contribution in [-0.4, -0.2) is 34.9 Å². The van der Waals surface area contributed by atoms with Gasteiger partial charge in [-0.05, 0) is 32.1 Å². The summed E-state index contributed by atoms with van der Waals surface area (Å²) in [6.07, 6.45) is 0.570. The van der Waals surface area contributed by atoms with Gasteiger partial charge in [0.15, 0.2) is 0 Å². The van der Waals surface area contributed by atoms with E-state index in [0.717, 1.165) is 0 Å². The van der Waals surface area contributed by atoms with Crippen LogP contribution in [0.4, 0.5) is 5.69 Å². The smallest absolute Gasteiger partial charge is 0.232 e. The summed E-state index contributed by atoms with van der Waals surface area (Å²) in [4.78, 5) is 0. The average molecular weight is 258 g/mol. The third-order valence-corrected chi connectivity index (χ3v) is 3.57. The summed E-state index contributed by atoms with van der Waals surface area (Å²) < 4.78 is 31.1. The Kier molecular flexibility index (Phi) is 5.24. The first-order chi connectivity index (χ1) is 8.09. The summed E-state index contributed by atoms with van der Waals surface area (Å²) in [5, 5.41) is 2.91. The largest absolute Gasteiger partial charge is 0.495 e. The summed E-state index contributed by atoms with van der Waals surface area (Å²) in [5.74, 6) is 0.607. The van der Waals surface area contributed by atoms with Crippen LogP contribution in [0.5, 0.6) is 5.75 Å². The SMILES string of the molecule is CNCCCS(=O)(=O)Nc1ccccc1OC. The summed E-state index contributed by atoms with van der Waals surface area (Å²) >= 11 is 0. The summed E-state index contributed by atoms with van der Waals surface area (Å²) in [7, 11) is -0.00946. The molecule has 0 saturated heterocycles. The molecule has 6 heteroatoms. The van der Waals surface area contributed by atoms with Gasteiger partial charge in [-0.25, -0.2) is 8.42 Å². The molecule has 0 radical (unpaired) electrons. The monoisotopic (exact) mass is 258 g/mol. The Morgan fingerprint density at radius 1 is 1.29 bits per heavy atom. The average Bonchev–Trinajstić information content (AvgIpc) is 2.29. The zero-order chi connectivity index (χ0) is 12.7. The van der Waals surface area contributed by atoms with Crippen molar-refractivity contribution in [2.24, 2.45) is 0 Å². The van der Waals surface area contributed by atoms with Crippen molar-refractivity contribution in [3.8, 4) is 5.75 Å². The first-order valence-electron chi connectivity index (χ1n) is 5.37. The Labute approximate surface area is 102 Å². The Morgan fingerprint density at radius 3 is 2.65 bits per heavy atom. The lowest BCUT2D eigenvalue weighted by atomic mass is 10.3. The fourth-order valence-electron chi connectivity index (χ4n) is 1.39. The van der Waals surface area contributed by atoms with E-state index >= 15 is 0 Å². The molecule has 0 unspecified atom stereocenters. The van der Waals surface area contributed by atoms with Gasteiger partial charge in [0.25, 0.3) is 0 Å². The molecule has 5 nitrogen and oxygen atoms in total. The lowest BCUT2D eigenvalue weighted by Crippen LogP contribution is -2.20. The topological polar surface area (TPSA) is 67.4 Å². The van der Waals surface area contributed by atoms with Gasteiger partial charge in [0, 0.05) is 0 Å². The molecule has 0 aliphatic rings. The predicted molar refractivity (Wildman–Crippen MR) is 68.9 cm³/mol. The zero-order valence-electron chi connectivity index (χ0n) is 10.1. The van der Waals surface area contributed by atoms with Gasteiger partial charge in [0.05, 0.1) is 18.6 Å². The van der Waals surface area contributed by atoms with Gasteiger partial charge >= 0.3 is 0 Å². The molecule has 0 atom stereocenters. The van der Waals surface area contributed by atoms with Crippen molar-refractivity contribution >= 4 is 15.7 Å². The number of rotatable bonds is 7. The molecule has 0 aliphatic heterocycles. The second kappa shape index (κ2) is 6.46. The molecule has 17 heavy (non-hydrogen) atoms. The van der Waals surface area contributed by atoms with Crippen molar-refractivity contribution in [2.45, 2.75) is 6.42 Å². The van der Waals surface area contributed by atoms with Gasteiger partial charge in [-0.15, -0.1) is 0 Å². The van der Waals surface area contributed by atoms with E-state index in [1.54, 1.807) is 31.3 Å². The Balaban J connectivity index is 2.69. The molecule has 1 aromatic carbocycles. The minimum absolute atomic E-state index is 0.0892. The summed E-state index contributed by atoms with van der Waals surface area (Å²) in [6, 6.07) is 6.94. The fraction of sp³-hybridized carbons (Fsp3) is 0.455. The number of para-hydroxylation sites is 2. The molecule has 0 fully saturated rings. The molecule has 0 amide bonds. The third kappa shape index (κ3) is 4.62. The molecular weight excluding hydrogens is 240 g/mol. The highest BCUT2D eigenvalue weighted by Gasteiger charge is 2.12. The van der Waals surface area contributed by atoms with Gasteiger partial charge in [-0.2, -0.15) is 0 Å². The molecule has 0 aromatic heterocycles. The van der Waals surface area contributed by atoms with E-state index in [0.29, 0.717) is 24.4 Å². The van der Waals surface area contributed by atoms with Crippen LogP contribution in [0.2, 0.25) is 0 Å². The van der Waals surface area contributed by atoms with E-state index < -0.39 is 10.0 Å². The predicted octanol–water partition coefficient (Wildman–Crippen LogP) is 1.05. The number of hydrogen-bond donors (Lipinski definition) is 2. The maximum atomic E-state index is 11.7. The molecule has 0 bridgehead atoms. The molecule has 96 valence electrons. The molecule has 0 aliphatic carbocycles. The van der Waals surface area contributed by atoms with Crippen LogP contribution in [0.15, 0.2) is 24.3 Å². The van der Waals surface area contributed by atoms with Gasteiger partial charge in [0.1, 0.15) is 5.75 Å². The number of nitrogens with one attached hydrogen (secondary N) is 2. The molecular formula is C11H18N2O3S. The third-order valence-electron chi connectivity index (χ3n) is 2.21. The molecule has 1 aromatic rings. The number of ether oxygens (including phenoxy) is 1. The molecule has 2 N–H and O–H groups in total. The zero-order valence-corrected chi connectivity index (χ0v) is 10.9. The second-order valence-electron chi connectivity index (χ2n) is 3.58. The van der Waals surface area contributed by atoms with E-state index in [1.807, 2.05) is 0 Å². The van der Waals surface area contributed by atoms with Crippen molar-refractivity contribution < 1.29 is 13.2 Å². The van der Waals surface area contributed by atoms with E-state index in [-0.39, 0.29) is 5.75 Å². The highest BCUT2D eigenvalue weighted by atomic mass is 32.2. The maximum absolute atomic E-state index is 11.7. The van der Waals surface area contributed by atoms with Crippen molar-refractivity contribution in [1.29, 1.82) is 0 Å². The van der Waals surface area contributed by atoms with Crippen LogP contribution in [-0.2, 0) is 10.0 Å². The van der Waals surface area contributed by atoms with Gasteiger partial charge in [-0.1, -0.05) is 12.1 Å². The Morgan fingerprint density at radius 2 is 2.00 bits per heavy atom. The normalized spacial score (nSPS) is 11.2. The van der Waals surface area contributed by atoms with Crippen molar-refractivity contribution in [1.82, 2.24) is 5.32 Å². The first kappa shape index (κ1) is 13.8. The van der Waals surface area contributed by atoms with E-state index in [1.165, 1.54) is 7.11 Å². The highest BCUT2D eigenvalue weighted by Crippen LogP contribution is 2.24. The number of benzene rings is 1. The van der Waals surface area contributed by atoms with Crippen LogP contribution in [0, 0.1) is 0 Å². The standard InChI is InChI=1S/C11H18N2O3S/c1-12-8-5-9-17(14,15)13-10-6-3-4-7-11(10)16-2/h3-4,6-7,12-13H,5,8-9H2,1-2H3. The van der Waals surface area contributed by atoms with Crippen LogP contribution in [0.25, 0.3) is 0 Å². The summed E-state index contributed by atoms with van der Waals surface area (Å²) in [5.41, 5.74) is 0.472. The van der Waals surface area contributed by atoms with E-state index in [9.17, 15) is 8.42 Å². The summed E-state index contributed by atoms with van der Waals surface area (Å²) in [6.45, 7) is 0.673. The van der Waals surface area contributed by atoms with Crippen molar-refractivity contribution in [2.75, 3.05) is 31.2 Å². The molecule has 0 spiro atoms. The van der Waals surface area contributed by atoms with Gasteiger partial charge < -0.3 is 10.1 Å². The minimum Gasteiger partial charge on any atom is -0.495 e. The van der Waals surface area contributed by atoms with E-state index in [4.69, 9.17) is 4.74 Å². The minimum atomic E-state index is -3.31. The maximum Gasteiger partial charge on any atom is 0.232 e. The van der Waals surface area contributed by atoms with Crippen molar-refractivity contribution in [3.05, 3.63) is 24.3 Å². The quantitative estimate of drug-likeness (QED) is 0.717. The molecule has 0 saturated carbocycles. The van der Waals surface area contributed by atoms with Gasteiger partial charge in [-0.3, -0.25) is 4.72 Å². The number of hydrogen-bond acceptors (Lipinski definition) is 4. The molecule has 1 rings (SSSR count). The number of sulfonamides is 1. The van der Waals surface area contributed by atoms with E-state index in [2.05, 4.69) is 10.0 Å². The van der Waals surface area contributed by atoms with Crippen LogP contribution in [0.3, 0.4) is 0 Å². The van der Waals surface area contributed by atoms with Crippen LogP contribution in [0.1, 0.15) is 6.42 Å². The number of anilines is 1. The lowest BCUT2D eigenvalue weighted by Gasteiger charge is -2.11. The fourth-order valence-corrected chi connectivity index (χ4v) is 2.52.